The lowest BCUT2D eigenvalue weighted by molar-refractivity contribution is -0.173. The Hall–Kier alpha value is 0. The SMILES string of the molecule is FC(F)(F)COCCCNC1CCCCCC1Cl. The van der Waals surface area contributed by atoms with Crippen LogP contribution < -0.4 is 5.32 Å². The second-order valence-corrected chi connectivity index (χ2v) is 5.30. The highest BCUT2D eigenvalue weighted by Gasteiger charge is 2.27. The van der Waals surface area contributed by atoms with Gasteiger partial charge < -0.3 is 10.1 Å². The van der Waals surface area contributed by atoms with Crippen molar-refractivity contribution in [3.63, 3.8) is 0 Å². The Bertz CT molecular complexity index is 226. The van der Waals surface area contributed by atoms with Gasteiger partial charge in [-0.25, -0.2) is 0 Å². The number of alkyl halides is 4. The van der Waals surface area contributed by atoms with Crippen molar-refractivity contribution in [3.8, 4) is 0 Å². The highest BCUT2D eigenvalue weighted by Crippen LogP contribution is 2.22. The van der Waals surface area contributed by atoms with Crippen LogP contribution in [0.25, 0.3) is 0 Å². The van der Waals surface area contributed by atoms with Gasteiger partial charge in [-0.15, -0.1) is 11.6 Å². The van der Waals surface area contributed by atoms with Gasteiger partial charge in [0.15, 0.2) is 0 Å². The topological polar surface area (TPSA) is 21.3 Å². The largest absolute Gasteiger partial charge is 0.411 e. The average Bonchev–Trinajstić information content (AvgIpc) is 2.47. The minimum absolute atomic E-state index is 0.131. The summed E-state index contributed by atoms with van der Waals surface area (Å²) >= 11 is 6.24. The molecule has 0 aromatic carbocycles. The molecule has 0 aromatic heterocycles. The van der Waals surface area contributed by atoms with Crippen molar-refractivity contribution in [2.45, 2.75) is 56.1 Å². The summed E-state index contributed by atoms with van der Waals surface area (Å²) < 4.78 is 39.9. The van der Waals surface area contributed by atoms with Crippen molar-refractivity contribution < 1.29 is 17.9 Å². The zero-order valence-corrected chi connectivity index (χ0v) is 11.2. The van der Waals surface area contributed by atoms with Gasteiger partial charge in [0.1, 0.15) is 6.61 Å². The van der Waals surface area contributed by atoms with Crippen molar-refractivity contribution in [1.29, 1.82) is 0 Å². The first-order chi connectivity index (χ1) is 8.49. The maximum Gasteiger partial charge on any atom is 0.411 e. The van der Waals surface area contributed by atoms with E-state index in [9.17, 15) is 13.2 Å². The van der Waals surface area contributed by atoms with Gasteiger partial charge >= 0.3 is 6.18 Å². The molecule has 2 unspecified atom stereocenters. The van der Waals surface area contributed by atoms with Crippen LogP contribution >= 0.6 is 11.6 Å². The van der Waals surface area contributed by atoms with E-state index in [1.54, 1.807) is 0 Å². The smallest absolute Gasteiger partial charge is 0.372 e. The third-order valence-electron chi connectivity index (χ3n) is 3.07. The van der Waals surface area contributed by atoms with Crippen molar-refractivity contribution >= 4 is 11.6 Å². The summed E-state index contributed by atoms with van der Waals surface area (Å²) in [5.74, 6) is 0. The monoisotopic (exact) mass is 287 g/mol. The van der Waals surface area contributed by atoms with E-state index >= 15 is 0 Å². The predicted molar refractivity (Wildman–Crippen MR) is 66.0 cm³/mol. The average molecular weight is 288 g/mol. The molecule has 1 saturated carbocycles. The van der Waals surface area contributed by atoms with Crippen LogP contribution in [0.5, 0.6) is 0 Å². The molecular formula is C12H21ClF3NO. The van der Waals surface area contributed by atoms with E-state index in [-0.39, 0.29) is 18.0 Å². The molecule has 2 nitrogen and oxygen atoms in total. The van der Waals surface area contributed by atoms with E-state index in [4.69, 9.17) is 11.6 Å². The first kappa shape index (κ1) is 16.1. The molecule has 0 aromatic rings. The van der Waals surface area contributed by atoms with Crippen LogP contribution in [0.1, 0.15) is 38.5 Å². The molecule has 0 spiro atoms. The van der Waals surface area contributed by atoms with Crippen LogP contribution in [-0.4, -0.2) is 37.4 Å². The van der Waals surface area contributed by atoms with Crippen molar-refractivity contribution in [2.24, 2.45) is 0 Å². The number of nitrogens with one attached hydrogen (secondary N) is 1. The summed E-state index contributed by atoms with van der Waals surface area (Å²) in [6.07, 6.45) is 1.98. The Morgan fingerprint density at radius 2 is 1.89 bits per heavy atom. The lowest BCUT2D eigenvalue weighted by atomic mass is 10.1. The summed E-state index contributed by atoms with van der Waals surface area (Å²) in [5.41, 5.74) is 0. The van der Waals surface area contributed by atoms with Crippen LogP contribution in [0, 0.1) is 0 Å². The summed E-state index contributed by atoms with van der Waals surface area (Å²) in [6, 6.07) is 0.289. The molecule has 1 N–H and O–H groups in total. The van der Waals surface area contributed by atoms with Crippen molar-refractivity contribution in [3.05, 3.63) is 0 Å². The second kappa shape index (κ2) is 8.23. The Balaban J connectivity index is 2.03. The fraction of sp³-hybridized carbons (Fsp3) is 1.00. The molecule has 1 rings (SSSR count). The molecule has 1 aliphatic carbocycles. The fourth-order valence-electron chi connectivity index (χ4n) is 2.14. The van der Waals surface area contributed by atoms with Gasteiger partial charge in [-0.05, 0) is 25.8 Å². The number of ether oxygens (including phenoxy) is 1. The minimum Gasteiger partial charge on any atom is -0.372 e. The standard InChI is InChI=1S/C12H21ClF3NO/c13-10-5-2-1-3-6-11(10)17-7-4-8-18-9-12(14,15)16/h10-11,17H,1-9H2. The summed E-state index contributed by atoms with van der Waals surface area (Å²) in [7, 11) is 0. The molecule has 6 heteroatoms. The van der Waals surface area contributed by atoms with Crippen LogP contribution in [0.4, 0.5) is 13.2 Å². The summed E-state index contributed by atoms with van der Waals surface area (Å²) in [6.45, 7) is -0.369. The lowest BCUT2D eigenvalue weighted by Crippen LogP contribution is -2.37. The number of rotatable bonds is 6. The molecule has 0 radical (unpaired) electrons. The molecule has 0 heterocycles. The van der Waals surface area contributed by atoms with Gasteiger partial charge in [0.2, 0.25) is 0 Å². The highest BCUT2D eigenvalue weighted by molar-refractivity contribution is 6.21. The first-order valence-corrected chi connectivity index (χ1v) is 6.94. The molecule has 18 heavy (non-hydrogen) atoms. The summed E-state index contributed by atoms with van der Waals surface area (Å²) in [4.78, 5) is 0. The van der Waals surface area contributed by atoms with Gasteiger partial charge in [-0.1, -0.05) is 19.3 Å². The number of halogens is 4. The quantitative estimate of drug-likeness (QED) is 0.459. The van der Waals surface area contributed by atoms with Crippen LogP contribution in [-0.2, 0) is 4.74 Å². The maximum absolute atomic E-state index is 11.8. The van der Waals surface area contributed by atoms with Gasteiger partial charge in [-0.2, -0.15) is 13.2 Å². The molecule has 108 valence electrons. The Kier molecular flexibility index (Phi) is 7.34. The molecular weight excluding hydrogens is 267 g/mol. The molecule has 0 bridgehead atoms. The second-order valence-electron chi connectivity index (χ2n) is 4.74. The molecule has 2 atom stereocenters. The van der Waals surface area contributed by atoms with E-state index in [1.807, 2.05) is 0 Å². The highest BCUT2D eigenvalue weighted by atomic mass is 35.5. The van der Waals surface area contributed by atoms with Crippen molar-refractivity contribution in [2.75, 3.05) is 19.8 Å². The minimum atomic E-state index is -4.23. The van der Waals surface area contributed by atoms with E-state index < -0.39 is 12.8 Å². The normalized spacial score (nSPS) is 26.0. The molecule has 1 aliphatic rings. The van der Waals surface area contributed by atoms with Gasteiger partial charge in [0.05, 0.1) is 0 Å². The molecule has 1 fully saturated rings. The fourth-order valence-corrected chi connectivity index (χ4v) is 2.51. The molecule has 0 saturated heterocycles. The van der Waals surface area contributed by atoms with Crippen LogP contribution in [0.3, 0.4) is 0 Å². The zero-order chi connectivity index (χ0) is 13.4. The first-order valence-electron chi connectivity index (χ1n) is 6.51. The number of hydrogen-bond donors (Lipinski definition) is 1. The third-order valence-corrected chi connectivity index (χ3v) is 3.59. The number of hydrogen-bond acceptors (Lipinski definition) is 2. The molecule has 0 aliphatic heterocycles. The lowest BCUT2D eigenvalue weighted by Gasteiger charge is -2.21. The zero-order valence-electron chi connectivity index (χ0n) is 10.4. The Morgan fingerprint density at radius 3 is 2.61 bits per heavy atom. The van der Waals surface area contributed by atoms with Crippen LogP contribution in [0.15, 0.2) is 0 Å². The van der Waals surface area contributed by atoms with Gasteiger partial charge in [0, 0.05) is 18.0 Å². The Morgan fingerprint density at radius 1 is 1.17 bits per heavy atom. The predicted octanol–water partition coefficient (Wildman–Crippen LogP) is 3.49. The van der Waals surface area contributed by atoms with Crippen LogP contribution in [0.2, 0.25) is 0 Å². The van der Waals surface area contributed by atoms with E-state index in [2.05, 4.69) is 10.1 Å². The van der Waals surface area contributed by atoms with E-state index in [0.29, 0.717) is 13.0 Å². The summed E-state index contributed by atoms with van der Waals surface area (Å²) in [5, 5.41) is 3.46. The molecule has 0 amide bonds. The Labute approximate surface area is 111 Å². The van der Waals surface area contributed by atoms with Gasteiger partial charge in [-0.3, -0.25) is 0 Å². The third kappa shape index (κ3) is 7.44. The van der Waals surface area contributed by atoms with E-state index in [0.717, 1.165) is 12.8 Å². The van der Waals surface area contributed by atoms with Gasteiger partial charge in [0.25, 0.3) is 0 Å². The maximum atomic E-state index is 11.8. The van der Waals surface area contributed by atoms with Crippen molar-refractivity contribution in [1.82, 2.24) is 5.32 Å². The van der Waals surface area contributed by atoms with E-state index in [1.165, 1.54) is 19.3 Å².